The Morgan fingerprint density at radius 3 is 2.58 bits per heavy atom. The predicted molar refractivity (Wildman–Crippen MR) is 116 cm³/mol. The number of rotatable bonds is 5. The number of benzene rings is 1. The number of likely N-dealkylation sites (tertiary alicyclic amines) is 2. The Labute approximate surface area is 170 Å². The topological polar surface area (TPSA) is 23.6 Å². The third-order valence-corrected chi connectivity index (χ3v) is 6.39. The molecule has 0 N–H and O–H groups in total. The Morgan fingerprint density at radius 2 is 1.92 bits per heavy atom. The minimum atomic E-state index is 0.161. The number of halogens is 1. The number of amides is 1. The van der Waals surface area contributed by atoms with E-state index in [1.807, 2.05) is 30.1 Å². The molecule has 138 valence electrons. The summed E-state index contributed by atoms with van der Waals surface area (Å²) >= 11 is 2.24. The highest BCUT2D eigenvalue weighted by atomic mass is 127. The molecule has 2 fully saturated rings. The maximum Gasteiger partial charge on any atom is 0.227 e. The second kappa shape index (κ2) is 8.53. The lowest BCUT2D eigenvalue weighted by Gasteiger charge is -2.38. The van der Waals surface area contributed by atoms with Crippen LogP contribution >= 0.6 is 22.6 Å². The number of carbonyl (C=O) groups is 1. The number of allylic oxidation sites excluding steroid dienone is 5. The van der Waals surface area contributed by atoms with Gasteiger partial charge in [-0.05, 0) is 78.6 Å². The molecule has 4 heteroatoms. The van der Waals surface area contributed by atoms with Gasteiger partial charge in [-0.25, -0.2) is 0 Å². The van der Waals surface area contributed by atoms with Crippen molar-refractivity contribution in [2.75, 3.05) is 19.6 Å². The summed E-state index contributed by atoms with van der Waals surface area (Å²) in [6.07, 6.45) is 8.78. The molecule has 2 aliphatic rings. The average molecular weight is 462 g/mol. The van der Waals surface area contributed by atoms with E-state index < -0.39 is 0 Å². The highest BCUT2D eigenvalue weighted by Gasteiger charge is 2.45. The van der Waals surface area contributed by atoms with Gasteiger partial charge in [0.25, 0.3) is 0 Å². The molecule has 1 aromatic rings. The zero-order valence-corrected chi connectivity index (χ0v) is 17.6. The molecule has 26 heavy (non-hydrogen) atoms. The van der Waals surface area contributed by atoms with Crippen LogP contribution in [0.15, 0.2) is 64.4 Å². The van der Waals surface area contributed by atoms with Crippen molar-refractivity contribution in [1.29, 1.82) is 0 Å². The van der Waals surface area contributed by atoms with Crippen molar-refractivity contribution in [1.82, 2.24) is 9.80 Å². The van der Waals surface area contributed by atoms with Crippen molar-refractivity contribution >= 4 is 28.5 Å². The standard InChI is InChI=1S/C22H27IN2O/c1-3-20(23)10-9-18(2)25-17-22(15-21(25)26)11-13-24(14-12-22)16-19-7-5-4-6-8-19/h3-10H,1,11-17H2,2H3/b18-9+,20-10+. The Kier molecular flexibility index (Phi) is 6.35. The lowest BCUT2D eigenvalue weighted by atomic mass is 9.77. The molecule has 1 spiro atoms. The zero-order valence-electron chi connectivity index (χ0n) is 15.5. The van der Waals surface area contributed by atoms with Gasteiger partial charge in [-0.2, -0.15) is 0 Å². The highest BCUT2D eigenvalue weighted by molar-refractivity contribution is 14.1. The van der Waals surface area contributed by atoms with Gasteiger partial charge in [-0.1, -0.05) is 43.0 Å². The van der Waals surface area contributed by atoms with Crippen molar-refractivity contribution in [3.63, 3.8) is 0 Å². The SMILES string of the molecule is C=C/C(I)=C\C=C(/C)N1CC2(CCN(Cc3ccccc3)CC2)CC1=O. The number of hydrogen-bond donors (Lipinski definition) is 0. The van der Waals surface area contributed by atoms with E-state index in [9.17, 15) is 4.79 Å². The lowest BCUT2D eigenvalue weighted by Crippen LogP contribution is -2.41. The molecule has 0 radical (unpaired) electrons. The van der Waals surface area contributed by atoms with Gasteiger partial charge < -0.3 is 4.90 Å². The Morgan fingerprint density at radius 1 is 1.23 bits per heavy atom. The molecular formula is C22H27IN2O. The van der Waals surface area contributed by atoms with E-state index in [1.165, 1.54) is 5.56 Å². The molecule has 1 aromatic carbocycles. The van der Waals surface area contributed by atoms with Crippen molar-refractivity contribution in [3.05, 3.63) is 70.0 Å². The van der Waals surface area contributed by atoms with Crippen molar-refractivity contribution in [2.45, 2.75) is 32.7 Å². The van der Waals surface area contributed by atoms with E-state index in [-0.39, 0.29) is 11.3 Å². The Balaban J connectivity index is 1.59. The van der Waals surface area contributed by atoms with Crippen LogP contribution in [0.1, 0.15) is 31.7 Å². The van der Waals surface area contributed by atoms with E-state index >= 15 is 0 Å². The van der Waals surface area contributed by atoms with E-state index in [0.29, 0.717) is 6.42 Å². The van der Waals surface area contributed by atoms with Gasteiger partial charge in [-0.3, -0.25) is 9.69 Å². The number of hydrogen-bond acceptors (Lipinski definition) is 2. The van der Waals surface area contributed by atoms with Crippen LogP contribution in [0.3, 0.4) is 0 Å². The molecule has 3 nitrogen and oxygen atoms in total. The fraction of sp³-hybridized carbons (Fsp3) is 0.409. The van der Waals surface area contributed by atoms with Crippen molar-refractivity contribution < 1.29 is 4.79 Å². The van der Waals surface area contributed by atoms with Crippen LogP contribution in [-0.2, 0) is 11.3 Å². The summed E-state index contributed by atoms with van der Waals surface area (Å²) in [4.78, 5) is 17.1. The van der Waals surface area contributed by atoms with Gasteiger partial charge in [0.2, 0.25) is 5.91 Å². The van der Waals surface area contributed by atoms with E-state index in [0.717, 1.165) is 48.3 Å². The van der Waals surface area contributed by atoms with E-state index in [4.69, 9.17) is 0 Å². The van der Waals surface area contributed by atoms with Crippen LogP contribution in [-0.4, -0.2) is 35.3 Å². The van der Waals surface area contributed by atoms with Gasteiger partial charge in [-0.15, -0.1) is 0 Å². The quantitative estimate of drug-likeness (QED) is 0.459. The summed E-state index contributed by atoms with van der Waals surface area (Å²) in [5.74, 6) is 0.275. The van der Waals surface area contributed by atoms with Crippen LogP contribution < -0.4 is 0 Å². The van der Waals surface area contributed by atoms with Crippen molar-refractivity contribution in [3.8, 4) is 0 Å². The molecule has 2 saturated heterocycles. The van der Waals surface area contributed by atoms with Gasteiger partial charge >= 0.3 is 0 Å². The lowest BCUT2D eigenvalue weighted by molar-refractivity contribution is -0.126. The first-order chi connectivity index (χ1) is 12.5. The molecule has 0 aromatic heterocycles. The maximum atomic E-state index is 12.6. The summed E-state index contributed by atoms with van der Waals surface area (Å²) < 4.78 is 1.08. The molecule has 0 saturated carbocycles. The molecular weight excluding hydrogens is 435 g/mol. The monoisotopic (exact) mass is 462 g/mol. The molecule has 0 unspecified atom stereocenters. The van der Waals surface area contributed by atoms with Crippen LogP contribution in [0.5, 0.6) is 0 Å². The highest BCUT2D eigenvalue weighted by Crippen LogP contribution is 2.42. The zero-order chi connectivity index (χ0) is 18.6. The van der Waals surface area contributed by atoms with Crippen LogP contribution in [0.4, 0.5) is 0 Å². The smallest absolute Gasteiger partial charge is 0.227 e. The van der Waals surface area contributed by atoms with E-state index in [2.05, 4.69) is 64.4 Å². The number of piperidine rings is 1. The normalized spacial score (nSPS) is 21.5. The third kappa shape index (κ3) is 4.65. The van der Waals surface area contributed by atoms with Crippen LogP contribution in [0, 0.1) is 5.41 Å². The number of carbonyl (C=O) groups excluding carboxylic acids is 1. The summed E-state index contributed by atoms with van der Waals surface area (Å²) in [5.41, 5.74) is 2.57. The largest absolute Gasteiger partial charge is 0.316 e. The summed E-state index contributed by atoms with van der Waals surface area (Å²) in [7, 11) is 0. The molecule has 0 bridgehead atoms. The van der Waals surface area contributed by atoms with Crippen molar-refractivity contribution in [2.24, 2.45) is 5.41 Å². The minimum Gasteiger partial charge on any atom is -0.316 e. The van der Waals surface area contributed by atoms with Gasteiger partial charge in [0.1, 0.15) is 0 Å². The van der Waals surface area contributed by atoms with Gasteiger partial charge in [0, 0.05) is 28.8 Å². The number of nitrogens with zero attached hydrogens (tertiary/aromatic N) is 2. The predicted octanol–water partition coefficient (Wildman–Crippen LogP) is 4.91. The molecule has 1 amide bonds. The second-order valence-electron chi connectivity index (χ2n) is 7.48. The molecule has 0 aliphatic carbocycles. The fourth-order valence-corrected chi connectivity index (χ4v) is 4.12. The molecule has 3 rings (SSSR count). The Bertz CT molecular complexity index is 715. The minimum absolute atomic E-state index is 0.161. The molecule has 0 atom stereocenters. The van der Waals surface area contributed by atoms with Crippen LogP contribution in [0.25, 0.3) is 0 Å². The second-order valence-corrected chi connectivity index (χ2v) is 8.73. The Hall–Kier alpha value is -1.40. The first-order valence-corrected chi connectivity index (χ1v) is 10.3. The first kappa shape index (κ1) is 19.4. The summed E-state index contributed by atoms with van der Waals surface area (Å²) in [5, 5.41) is 0. The van der Waals surface area contributed by atoms with E-state index in [1.54, 1.807) is 0 Å². The van der Waals surface area contributed by atoms with Gasteiger partial charge in [0.05, 0.1) is 0 Å². The third-order valence-electron chi connectivity index (χ3n) is 5.59. The summed E-state index contributed by atoms with van der Waals surface area (Å²) in [6.45, 7) is 9.83. The fourth-order valence-electron chi connectivity index (χ4n) is 3.94. The maximum absolute atomic E-state index is 12.6. The first-order valence-electron chi connectivity index (χ1n) is 9.24. The van der Waals surface area contributed by atoms with Gasteiger partial charge in [0.15, 0.2) is 0 Å². The summed E-state index contributed by atoms with van der Waals surface area (Å²) in [6, 6.07) is 10.7. The average Bonchev–Trinajstić information content (AvgIpc) is 2.98. The van der Waals surface area contributed by atoms with Crippen LogP contribution in [0.2, 0.25) is 0 Å². The molecule has 2 heterocycles. The molecule has 2 aliphatic heterocycles.